The Morgan fingerprint density at radius 1 is 1.53 bits per heavy atom. The standard InChI is InChI=1S/C10H20N2O3/c1-10(2,6-13)12-9(14)7-4-15-5-8(7)11-3/h7-8,11,13H,4-6H2,1-3H3,(H,12,14). The molecule has 5 nitrogen and oxygen atoms in total. The molecule has 1 amide bonds. The summed E-state index contributed by atoms with van der Waals surface area (Å²) in [4.78, 5) is 11.8. The zero-order valence-electron chi connectivity index (χ0n) is 9.54. The normalized spacial score (nSPS) is 26.7. The average molecular weight is 216 g/mol. The number of nitrogens with one attached hydrogen (secondary N) is 2. The minimum atomic E-state index is -0.571. The van der Waals surface area contributed by atoms with Gasteiger partial charge < -0.3 is 20.5 Å². The second-order valence-electron chi connectivity index (χ2n) is 4.57. The number of aliphatic hydroxyl groups is 1. The molecule has 2 atom stereocenters. The number of ether oxygens (including phenoxy) is 1. The Labute approximate surface area is 90.2 Å². The first-order chi connectivity index (χ1) is 7.00. The van der Waals surface area contributed by atoms with E-state index >= 15 is 0 Å². The zero-order valence-corrected chi connectivity index (χ0v) is 9.54. The maximum atomic E-state index is 11.8. The summed E-state index contributed by atoms with van der Waals surface area (Å²) in [6.07, 6.45) is 0. The molecule has 0 spiro atoms. The van der Waals surface area contributed by atoms with E-state index in [1.54, 1.807) is 13.8 Å². The van der Waals surface area contributed by atoms with Gasteiger partial charge in [-0.15, -0.1) is 0 Å². The van der Waals surface area contributed by atoms with Crippen LogP contribution in [0.3, 0.4) is 0 Å². The van der Waals surface area contributed by atoms with Gasteiger partial charge in [0.2, 0.25) is 5.91 Å². The Bertz CT molecular complexity index is 231. The predicted octanol–water partition coefficient (Wildman–Crippen LogP) is -0.892. The molecule has 1 aliphatic heterocycles. The lowest BCUT2D eigenvalue weighted by Gasteiger charge is -2.26. The van der Waals surface area contributed by atoms with Crippen molar-refractivity contribution in [3.63, 3.8) is 0 Å². The summed E-state index contributed by atoms with van der Waals surface area (Å²) in [7, 11) is 1.82. The quantitative estimate of drug-likeness (QED) is 0.570. The molecule has 0 aromatic heterocycles. The fourth-order valence-electron chi connectivity index (χ4n) is 1.56. The van der Waals surface area contributed by atoms with E-state index in [0.717, 1.165) is 0 Å². The van der Waals surface area contributed by atoms with Crippen LogP contribution in [0.1, 0.15) is 13.8 Å². The van der Waals surface area contributed by atoms with Gasteiger partial charge >= 0.3 is 0 Å². The first-order valence-electron chi connectivity index (χ1n) is 5.18. The van der Waals surface area contributed by atoms with Gasteiger partial charge in [0.25, 0.3) is 0 Å². The molecule has 5 heteroatoms. The van der Waals surface area contributed by atoms with Crippen molar-refractivity contribution in [3.8, 4) is 0 Å². The van der Waals surface area contributed by atoms with Crippen LogP contribution in [-0.2, 0) is 9.53 Å². The lowest BCUT2D eigenvalue weighted by Crippen LogP contribution is -2.52. The Morgan fingerprint density at radius 2 is 2.20 bits per heavy atom. The Balaban J connectivity index is 2.53. The SMILES string of the molecule is CNC1COCC1C(=O)NC(C)(C)CO. The number of amides is 1. The molecule has 0 aromatic rings. The van der Waals surface area contributed by atoms with E-state index in [2.05, 4.69) is 10.6 Å². The monoisotopic (exact) mass is 216 g/mol. The molecule has 0 aromatic carbocycles. The van der Waals surface area contributed by atoms with E-state index in [1.165, 1.54) is 0 Å². The van der Waals surface area contributed by atoms with Crippen molar-refractivity contribution in [1.82, 2.24) is 10.6 Å². The number of carbonyl (C=O) groups is 1. The third-order valence-corrected chi connectivity index (χ3v) is 2.64. The van der Waals surface area contributed by atoms with Crippen LogP contribution in [-0.4, -0.2) is 49.5 Å². The van der Waals surface area contributed by atoms with Crippen LogP contribution in [0.4, 0.5) is 0 Å². The van der Waals surface area contributed by atoms with E-state index in [4.69, 9.17) is 9.84 Å². The summed E-state index contributed by atoms with van der Waals surface area (Å²) < 4.78 is 5.24. The molecule has 88 valence electrons. The van der Waals surface area contributed by atoms with E-state index in [0.29, 0.717) is 13.2 Å². The summed E-state index contributed by atoms with van der Waals surface area (Å²) in [5.41, 5.74) is -0.571. The maximum absolute atomic E-state index is 11.8. The third kappa shape index (κ3) is 3.15. The molecule has 1 heterocycles. The van der Waals surface area contributed by atoms with Gasteiger partial charge in [0.15, 0.2) is 0 Å². The zero-order chi connectivity index (χ0) is 11.5. The number of carbonyl (C=O) groups excluding carboxylic acids is 1. The smallest absolute Gasteiger partial charge is 0.227 e. The second kappa shape index (κ2) is 4.92. The molecule has 1 saturated heterocycles. The lowest BCUT2D eigenvalue weighted by molar-refractivity contribution is -0.127. The van der Waals surface area contributed by atoms with Crippen LogP contribution in [0, 0.1) is 5.92 Å². The van der Waals surface area contributed by atoms with Gasteiger partial charge in [-0.1, -0.05) is 0 Å². The van der Waals surface area contributed by atoms with Crippen molar-refractivity contribution in [2.75, 3.05) is 26.9 Å². The largest absolute Gasteiger partial charge is 0.394 e. The van der Waals surface area contributed by atoms with Crippen molar-refractivity contribution in [1.29, 1.82) is 0 Å². The molecular formula is C10H20N2O3. The van der Waals surface area contributed by atoms with Gasteiger partial charge in [-0.25, -0.2) is 0 Å². The van der Waals surface area contributed by atoms with Gasteiger partial charge in [0.05, 0.1) is 31.3 Å². The number of hydrogen-bond acceptors (Lipinski definition) is 4. The number of hydrogen-bond donors (Lipinski definition) is 3. The molecule has 0 radical (unpaired) electrons. The van der Waals surface area contributed by atoms with Crippen LogP contribution in [0.25, 0.3) is 0 Å². The average Bonchev–Trinajstić information content (AvgIpc) is 2.64. The van der Waals surface area contributed by atoms with Crippen LogP contribution >= 0.6 is 0 Å². The molecule has 0 bridgehead atoms. The van der Waals surface area contributed by atoms with Crippen LogP contribution in [0.2, 0.25) is 0 Å². The van der Waals surface area contributed by atoms with Crippen LogP contribution in [0.15, 0.2) is 0 Å². The highest BCUT2D eigenvalue weighted by Gasteiger charge is 2.35. The molecule has 2 unspecified atom stereocenters. The first kappa shape index (κ1) is 12.4. The summed E-state index contributed by atoms with van der Waals surface area (Å²) in [6, 6.07) is 0.0690. The highest BCUT2D eigenvalue weighted by molar-refractivity contribution is 5.80. The van der Waals surface area contributed by atoms with E-state index < -0.39 is 5.54 Å². The summed E-state index contributed by atoms with van der Waals surface area (Å²) in [5.74, 6) is -0.230. The molecular weight excluding hydrogens is 196 g/mol. The van der Waals surface area contributed by atoms with Crippen molar-refractivity contribution in [3.05, 3.63) is 0 Å². The first-order valence-corrected chi connectivity index (χ1v) is 5.18. The second-order valence-corrected chi connectivity index (χ2v) is 4.57. The molecule has 3 N–H and O–H groups in total. The maximum Gasteiger partial charge on any atom is 0.227 e. The minimum Gasteiger partial charge on any atom is -0.394 e. The third-order valence-electron chi connectivity index (χ3n) is 2.64. The Morgan fingerprint density at radius 3 is 2.73 bits per heavy atom. The van der Waals surface area contributed by atoms with Crippen LogP contribution < -0.4 is 10.6 Å². The molecule has 15 heavy (non-hydrogen) atoms. The Hall–Kier alpha value is -0.650. The van der Waals surface area contributed by atoms with Crippen LogP contribution in [0.5, 0.6) is 0 Å². The lowest BCUT2D eigenvalue weighted by atomic mass is 10.00. The highest BCUT2D eigenvalue weighted by Crippen LogP contribution is 2.15. The van der Waals surface area contributed by atoms with Gasteiger partial charge in [-0.05, 0) is 20.9 Å². The summed E-state index contributed by atoms with van der Waals surface area (Å²) in [5, 5.41) is 14.9. The fourth-order valence-corrected chi connectivity index (χ4v) is 1.56. The van der Waals surface area contributed by atoms with E-state index in [9.17, 15) is 4.79 Å². The van der Waals surface area contributed by atoms with Gasteiger partial charge in [0, 0.05) is 6.04 Å². The molecule has 1 rings (SSSR count). The molecule has 1 aliphatic rings. The predicted molar refractivity (Wildman–Crippen MR) is 56.5 cm³/mol. The summed E-state index contributed by atoms with van der Waals surface area (Å²) in [6.45, 7) is 4.51. The van der Waals surface area contributed by atoms with Gasteiger partial charge in [-0.2, -0.15) is 0 Å². The van der Waals surface area contributed by atoms with Crippen molar-refractivity contribution >= 4 is 5.91 Å². The topological polar surface area (TPSA) is 70.6 Å². The van der Waals surface area contributed by atoms with Crippen molar-refractivity contribution in [2.45, 2.75) is 25.4 Å². The summed E-state index contributed by atoms with van der Waals surface area (Å²) >= 11 is 0. The molecule has 0 aliphatic carbocycles. The number of likely N-dealkylation sites (N-methyl/N-ethyl adjacent to an activating group) is 1. The number of rotatable bonds is 4. The fraction of sp³-hybridized carbons (Fsp3) is 0.900. The highest BCUT2D eigenvalue weighted by atomic mass is 16.5. The number of aliphatic hydroxyl groups excluding tert-OH is 1. The van der Waals surface area contributed by atoms with Gasteiger partial charge in [-0.3, -0.25) is 4.79 Å². The van der Waals surface area contributed by atoms with E-state index in [1.807, 2.05) is 7.05 Å². The van der Waals surface area contributed by atoms with E-state index in [-0.39, 0.29) is 24.5 Å². The minimum absolute atomic E-state index is 0.0640. The van der Waals surface area contributed by atoms with Crippen molar-refractivity contribution < 1.29 is 14.6 Å². The van der Waals surface area contributed by atoms with Crippen molar-refractivity contribution in [2.24, 2.45) is 5.92 Å². The molecule has 0 saturated carbocycles. The Kier molecular flexibility index (Phi) is 4.07. The molecule has 1 fully saturated rings. The van der Waals surface area contributed by atoms with Gasteiger partial charge in [0.1, 0.15) is 0 Å².